The maximum Gasteiger partial charge on any atom is 0.191 e. The van der Waals surface area contributed by atoms with Gasteiger partial charge in [-0.3, -0.25) is 5.43 Å². The molecule has 7 heteroatoms. The van der Waals surface area contributed by atoms with Gasteiger partial charge < -0.3 is 15.2 Å². The molecular weight excluding hydrogens is 390 g/mol. The summed E-state index contributed by atoms with van der Waals surface area (Å²) in [6.45, 7) is 4.03. The van der Waals surface area contributed by atoms with Crippen molar-refractivity contribution in [2.75, 3.05) is 12.4 Å². The van der Waals surface area contributed by atoms with E-state index in [0.717, 1.165) is 22.4 Å². The lowest BCUT2D eigenvalue weighted by Crippen LogP contribution is -2.24. The van der Waals surface area contributed by atoms with Crippen LogP contribution in [0.15, 0.2) is 39.9 Å². The van der Waals surface area contributed by atoms with Crippen molar-refractivity contribution >= 4 is 45.2 Å². The lowest BCUT2D eigenvalue weighted by atomic mass is 10.1. The molecule has 0 aromatic heterocycles. The zero-order chi connectivity index (χ0) is 17.7. The summed E-state index contributed by atoms with van der Waals surface area (Å²) in [6, 6.07) is 9.50. The molecule has 2 rings (SSSR count). The maximum atomic E-state index is 9.79. The van der Waals surface area contributed by atoms with E-state index in [0.29, 0.717) is 15.3 Å². The minimum atomic E-state index is 0.0507. The number of phenols is 1. The molecule has 5 nitrogen and oxygen atoms in total. The number of hydrogen-bond donors (Lipinski definition) is 3. The van der Waals surface area contributed by atoms with Gasteiger partial charge in [0.05, 0.1) is 17.8 Å². The monoisotopic (exact) mass is 407 g/mol. The summed E-state index contributed by atoms with van der Waals surface area (Å²) in [5, 5.41) is 17.4. The summed E-state index contributed by atoms with van der Waals surface area (Å²) in [5.41, 5.74) is 6.71. The molecule has 0 atom stereocenters. The van der Waals surface area contributed by atoms with Gasteiger partial charge in [0.15, 0.2) is 16.6 Å². The van der Waals surface area contributed by atoms with Crippen LogP contribution < -0.4 is 15.5 Å². The molecule has 0 radical (unpaired) electrons. The van der Waals surface area contributed by atoms with Crippen molar-refractivity contribution < 1.29 is 9.84 Å². The molecule has 126 valence electrons. The SMILES string of the molecule is COc1cc(/C=N\NC(=S)Nc2cc(C)ccc2C)cc(Br)c1O. The second kappa shape index (κ2) is 8.12. The fourth-order valence-electron chi connectivity index (χ4n) is 2.01. The molecule has 0 saturated heterocycles. The first-order valence-corrected chi connectivity index (χ1v) is 8.34. The van der Waals surface area contributed by atoms with E-state index in [9.17, 15) is 5.11 Å². The second-order valence-corrected chi connectivity index (χ2v) is 6.46. The molecule has 0 heterocycles. The van der Waals surface area contributed by atoms with Crippen LogP contribution in [0.3, 0.4) is 0 Å². The Morgan fingerprint density at radius 3 is 2.75 bits per heavy atom. The largest absolute Gasteiger partial charge is 0.503 e. The average molecular weight is 408 g/mol. The summed E-state index contributed by atoms with van der Waals surface area (Å²) in [5.74, 6) is 0.414. The van der Waals surface area contributed by atoms with Crippen molar-refractivity contribution in [1.82, 2.24) is 5.43 Å². The standard InChI is InChI=1S/C17H18BrN3O2S/c1-10-4-5-11(2)14(6-10)20-17(24)21-19-9-12-7-13(18)16(22)15(8-12)23-3/h4-9,22H,1-3H3,(H2,20,21,24)/b19-9-. The van der Waals surface area contributed by atoms with Crippen molar-refractivity contribution in [1.29, 1.82) is 0 Å². The normalized spacial score (nSPS) is 10.7. The van der Waals surface area contributed by atoms with Crippen molar-refractivity contribution in [3.8, 4) is 11.5 Å². The number of aryl methyl sites for hydroxylation is 2. The van der Waals surface area contributed by atoms with Gasteiger partial charge in [-0.2, -0.15) is 5.10 Å². The average Bonchev–Trinajstić information content (AvgIpc) is 2.54. The van der Waals surface area contributed by atoms with Crippen LogP contribution in [-0.2, 0) is 0 Å². The number of nitrogens with zero attached hydrogens (tertiary/aromatic N) is 1. The summed E-state index contributed by atoms with van der Waals surface area (Å²) >= 11 is 8.51. The number of aromatic hydroxyl groups is 1. The van der Waals surface area contributed by atoms with Crippen LogP contribution in [0, 0.1) is 13.8 Å². The van der Waals surface area contributed by atoms with Crippen molar-refractivity contribution in [3.63, 3.8) is 0 Å². The number of ether oxygens (including phenoxy) is 1. The highest BCUT2D eigenvalue weighted by atomic mass is 79.9. The molecule has 0 spiro atoms. The predicted molar refractivity (Wildman–Crippen MR) is 105 cm³/mol. The quantitative estimate of drug-likeness (QED) is 0.404. The second-order valence-electron chi connectivity index (χ2n) is 5.20. The fraction of sp³-hybridized carbons (Fsp3) is 0.176. The van der Waals surface area contributed by atoms with E-state index in [2.05, 4.69) is 31.8 Å². The number of benzene rings is 2. The Bertz CT molecular complexity index is 794. The van der Waals surface area contributed by atoms with Crippen molar-refractivity contribution in [2.45, 2.75) is 13.8 Å². The van der Waals surface area contributed by atoms with Crippen LogP contribution in [0.5, 0.6) is 11.5 Å². The summed E-state index contributed by atoms with van der Waals surface area (Å²) in [6.07, 6.45) is 1.59. The van der Waals surface area contributed by atoms with Crippen LogP contribution in [0.4, 0.5) is 5.69 Å². The number of phenolic OH excluding ortho intramolecular Hbond substituents is 1. The van der Waals surface area contributed by atoms with Crippen LogP contribution in [-0.4, -0.2) is 23.5 Å². The van der Waals surface area contributed by atoms with Gasteiger partial charge in [-0.15, -0.1) is 0 Å². The van der Waals surface area contributed by atoms with Gasteiger partial charge in [-0.05, 0) is 76.9 Å². The number of thiocarbonyl (C=S) groups is 1. The highest BCUT2D eigenvalue weighted by Crippen LogP contribution is 2.34. The zero-order valence-corrected chi connectivity index (χ0v) is 16.0. The molecule has 0 aliphatic carbocycles. The van der Waals surface area contributed by atoms with E-state index >= 15 is 0 Å². The lowest BCUT2D eigenvalue weighted by molar-refractivity contribution is 0.372. The molecular formula is C17H18BrN3O2S. The lowest BCUT2D eigenvalue weighted by Gasteiger charge is -2.10. The molecule has 0 fully saturated rings. The number of methoxy groups -OCH3 is 1. The van der Waals surface area contributed by atoms with Gasteiger partial charge in [0.2, 0.25) is 0 Å². The molecule has 0 amide bonds. The Labute approximate surface area is 154 Å². The van der Waals surface area contributed by atoms with Crippen LogP contribution in [0.2, 0.25) is 0 Å². The summed E-state index contributed by atoms with van der Waals surface area (Å²) < 4.78 is 5.62. The molecule has 0 unspecified atom stereocenters. The number of anilines is 1. The Morgan fingerprint density at radius 2 is 2.04 bits per heavy atom. The first-order valence-electron chi connectivity index (χ1n) is 7.14. The van der Waals surface area contributed by atoms with E-state index in [4.69, 9.17) is 17.0 Å². The maximum absolute atomic E-state index is 9.79. The Morgan fingerprint density at radius 1 is 1.29 bits per heavy atom. The molecule has 0 bridgehead atoms. The molecule has 24 heavy (non-hydrogen) atoms. The zero-order valence-electron chi connectivity index (χ0n) is 13.6. The Kier molecular flexibility index (Phi) is 6.16. The van der Waals surface area contributed by atoms with E-state index in [1.54, 1.807) is 18.3 Å². The van der Waals surface area contributed by atoms with Gasteiger partial charge in [0, 0.05) is 5.69 Å². The summed E-state index contributed by atoms with van der Waals surface area (Å²) in [4.78, 5) is 0. The van der Waals surface area contributed by atoms with E-state index in [1.165, 1.54) is 7.11 Å². The number of nitrogens with one attached hydrogen (secondary N) is 2. The van der Waals surface area contributed by atoms with Gasteiger partial charge in [-0.1, -0.05) is 12.1 Å². The van der Waals surface area contributed by atoms with Gasteiger partial charge in [0.1, 0.15) is 0 Å². The van der Waals surface area contributed by atoms with E-state index in [1.807, 2.05) is 32.0 Å². The molecule has 0 saturated carbocycles. The minimum Gasteiger partial charge on any atom is -0.503 e. The summed E-state index contributed by atoms with van der Waals surface area (Å²) in [7, 11) is 1.49. The number of hydrazone groups is 1. The molecule has 0 aliphatic heterocycles. The molecule has 0 aliphatic rings. The first-order chi connectivity index (χ1) is 11.4. The smallest absolute Gasteiger partial charge is 0.191 e. The molecule has 3 N–H and O–H groups in total. The minimum absolute atomic E-state index is 0.0507. The number of halogens is 1. The number of rotatable bonds is 4. The third-order valence-corrected chi connectivity index (χ3v) is 4.09. The Balaban J connectivity index is 2.02. The van der Waals surface area contributed by atoms with Crippen molar-refractivity contribution in [2.24, 2.45) is 5.10 Å². The fourth-order valence-corrected chi connectivity index (χ4v) is 2.63. The predicted octanol–water partition coefficient (Wildman–Crippen LogP) is 4.10. The van der Waals surface area contributed by atoms with Gasteiger partial charge >= 0.3 is 0 Å². The van der Waals surface area contributed by atoms with E-state index < -0.39 is 0 Å². The third kappa shape index (κ3) is 4.69. The molecule has 2 aromatic rings. The van der Waals surface area contributed by atoms with Gasteiger partial charge in [-0.25, -0.2) is 0 Å². The Hall–Kier alpha value is -2.12. The number of hydrogen-bond acceptors (Lipinski definition) is 4. The highest BCUT2D eigenvalue weighted by molar-refractivity contribution is 9.10. The third-order valence-electron chi connectivity index (χ3n) is 3.29. The van der Waals surface area contributed by atoms with Crippen LogP contribution in [0.1, 0.15) is 16.7 Å². The van der Waals surface area contributed by atoms with Gasteiger partial charge in [0.25, 0.3) is 0 Å². The van der Waals surface area contributed by atoms with E-state index in [-0.39, 0.29) is 5.75 Å². The highest BCUT2D eigenvalue weighted by Gasteiger charge is 2.07. The molecule has 2 aromatic carbocycles. The van der Waals surface area contributed by atoms with Crippen LogP contribution in [0.25, 0.3) is 0 Å². The van der Waals surface area contributed by atoms with Crippen LogP contribution >= 0.6 is 28.1 Å². The first kappa shape index (κ1) is 18.2. The van der Waals surface area contributed by atoms with Crippen molar-refractivity contribution in [3.05, 3.63) is 51.5 Å². The topological polar surface area (TPSA) is 65.9 Å².